The van der Waals surface area contributed by atoms with Crippen molar-refractivity contribution in [1.82, 2.24) is 4.98 Å². The van der Waals surface area contributed by atoms with E-state index in [9.17, 15) is 5.11 Å². The Morgan fingerprint density at radius 3 is 2.44 bits per heavy atom. The van der Waals surface area contributed by atoms with Crippen LogP contribution < -0.4 is 0 Å². The molecular weight excluding hydrogens is 310 g/mol. The average Bonchev–Trinajstić information content (AvgIpc) is 2.75. The third kappa shape index (κ3) is 3.19. The summed E-state index contributed by atoms with van der Waals surface area (Å²) in [6.45, 7) is 4.41. The Morgan fingerprint density at radius 2 is 1.94 bits per heavy atom. The lowest BCUT2D eigenvalue weighted by atomic mass is 10.00. The van der Waals surface area contributed by atoms with Crippen molar-refractivity contribution in [3.63, 3.8) is 0 Å². The molecule has 1 aromatic heterocycles. The molecule has 4 heteroatoms. The molecule has 1 unspecified atom stereocenters. The number of aliphatic hydroxyl groups is 1. The van der Waals surface area contributed by atoms with Gasteiger partial charge in [-0.3, -0.25) is 0 Å². The van der Waals surface area contributed by atoms with Crippen LogP contribution in [0.3, 0.4) is 0 Å². The highest BCUT2D eigenvalue weighted by Crippen LogP contribution is 2.31. The lowest BCUT2D eigenvalue weighted by Gasteiger charge is -2.11. The second kappa shape index (κ2) is 5.95. The standard InChI is InChI=1S/C14H16BrNOS/c1-9(2)7-10-3-5-11(6-4-10)12(17)13-14(15)16-8-18-13/h3-6,8-9,12,17H,7H2,1-2H3. The van der Waals surface area contributed by atoms with E-state index in [-0.39, 0.29) is 0 Å². The predicted octanol–water partition coefficient (Wildman–Crippen LogP) is 4.19. The number of aromatic nitrogens is 1. The van der Waals surface area contributed by atoms with Crippen molar-refractivity contribution in [3.05, 3.63) is 50.4 Å². The molecule has 0 radical (unpaired) electrons. The number of hydrogen-bond acceptors (Lipinski definition) is 3. The van der Waals surface area contributed by atoms with Gasteiger partial charge in [0.1, 0.15) is 10.7 Å². The molecule has 1 atom stereocenters. The summed E-state index contributed by atoms with van der Waals surface area (Å²) >= 11 is 4.81. The van der Waals surface area contributed by atoms with Crippen molar-refractivity contribution in [2.24, 2.45) is 5.92 Å². The Labute approximate surface area is 120 Å². The number of benzene rings is 1. The van der Waals surface area contributed by atoms with Gasteiger partial charge in [0.15, 0.2) is 0 Å². The summed E-state index contributed by atoms with van der Waals surface area (Å²) in [5.41, 5.74) is 3.95. The number of aliphatic hydroxyl groups excluding tert-OH is 1. The fourth-order valence-corrected chi connectivity index (χ4v) is 3.30. The Kier molecular flexibility index (Phi) is 4.54. The normalized spacial score (nSPS) is 12.9. The summed E-state index contributed by atoms with van der Waals surface area (Å²) in [5.74, 6) is 0.649. The van der Waals surface area contributed by atoms with Crippen LogP contribution in [0.5, 0.6) is 0 Å². The van der Waals surface area contributed by atoms with Crippen LogP contribution in [-0.2, 0) is 6.42 Å². The van der Waals surface area contributed by atoms with Gasteiger partial charge in [0.25, 0.3) is 0 Å². The zero-order valence-electron chi connectivity index (χ0n) is 10.4. The molecule has 0 spiro atoms. The Bertz CT molecular complexity index is 507. The zero-order chi connectivity index (χ0) is 13.1. The second-order valence-corrected chi connectivity index (χ2v) is 6.39. The van der Waals surface area contributed by atoms with E-state index in [4.69, 9.17) is 0 Å². The molecular formula is C14H16BrNOS. The highest BCUT2D eigenvalue weighted by atomic mass is 79.9. The second-order valence-electron chi connectivity index (χ2n) is 4.75. The van der Waals surface area contributed by atoms with E-state index in [0.717, 1.165) is 21.5 Å². The molecule has 2 nitrogen and oxygen atoms in total. The summed E-state index contributed by atoms with van der Waals surface area (Å²) in [4.78, 5) is 4.95. The van der Waals surface area contributed by atoms with Gasteiger partial charge in [-0.1, -0.05) is 38.1 Å². The number of halogens is 1. The molecule has 2 aromatic rings. The molecule has 18 heavy (non-hydrogen) atoms. The van der Waals surface area contributed by atoms with Crippen LogP contribution in [0, 0.1) is 5.92 Å². The highest BCUT2D eigenvalue weighted by Gasteiger charge is 2.15. The summed E-state index contributed by atoms with van der Waals surface area (Å²) < 4.78 is 0.728. The highest BCUT2D eigenvalue weighted by molar-refractivity contribution is 9.10. The van der Waals surface area contributed by atoms with E-state index in [2.05, 4.69) is 46.9 Å². The van der Waals surface area contributed by atoms with Gasteiger partial charge in [-0.2, -0.15) is 0 Å². The third-order valence-corrected chi connectivity index (χ3v) is 4.51. The van der Waals surface area contributed by atoms with Crippen molar-refractivity contribution in [2.75, 3.05) is 0 Å². The van der Waals surface area contributed by atoms with Gasteiger partial charge in [0.05, 0.1) is 10.4 Å². The third-order valence-electron chi connectivity index (χ3n) is 2.74. The lowest BCUT2D eigenvalue weighted by Crippen LogP contribution is -1.99. The molecule has 0 saturated heterocycles. The van der Waals surface area contributed by atoms with Crippen molar-refractivity contribution < 1.29 is 5.11 Å². The molecule has 0 aliphatic rings. The molecule has 2 rings (SSSR count). The van der Waals surface area contributed by atoms with E-state index in [1.807, 2.05) is 12.1 Å². The molecule has 0 bridgehead atoms. The summed E-state index contributed by atoms with van der Waals surface area (Å²) in [7, 11) is 0. The van der Waals surface area contributed by atoms with Gasteiger partial charge < -0.3 is 5.11 Å². The van der Waals surface area contributed by atoms with Gasteiger partial charge in [-0.05, 0) is 39.4 Å². The molecule has 0 amide bonds. The summed E-state index contributed by atoms with van der Waals surface area (Å²) in [5, 5.41) is 10.3. The molecule has 96 valence electrons. The van der Waals surface area contributed by atoms with Gasteiger partial charge in [-0.15, -0.1) is 11.3 Å². The van der Waals surface area contributed by atoms with Crippen LogP contribution in [-0.4, -0.2) is 10.1 Å². The molecule has 1 heterocycles. The molecule has 0 aliphatic heterocycles. The smallest absolute Gasteiger partial charge is 0.123 e. The lowest BCUT2D eigenvalue weighted by molar-refractivity contribution is 0.223. The number of thiazole rings is 1. The van der Waals surface area contributed by atoms with E-state index in [0.29, 0.717) is 5.92 Å². The van der Waals surface area contributed by atoms with Crippen LogP contribution in [0.25, 0.3) is 0 Å². The maximum Gasteiger partial charge on any atom is 0.123 e. The average molecular weight is 326 g/mol. The minimum Gasteiger partial charge on any atom is -0.383 e. The maximum absolute atomic E-state index is 10.3. The number of hydrogen-bond donors (Lipinski definition) is 1. The van der Waals surface area contributed by atoms with Gasteiger partial charge in [-0.25, -0.2) is 4.98 Å². The van der Waals surface area contributed by atoms with Gasteiger partial charge >= 0.3 is 0 Å². The van der Waals surface area contributed by atoms with Gasteiger partial charge in [0, 0.05) is 0 Å². The Hall–Kier alpha value is -0.710. The van der Waals surface area contributed by atoms with Crippen LogP contribution in [0.15, 0.2) is 34.4 Å². The van der Waals surface area contributed by atoms with Crippen LogP contribution >= 0.6 is 27.3 Å². The molecule has 0 aliphatic carbocycles. The monoisotopic (exact) mass is 325 g/mol. The summed E-state index contributed by atoms with van der Waals surface area (Å²) in [6, 6.07) is 8.17. The largest absolute Gasteiger partial charge is 0.383 e. The van der Waals surface area contributed by atoms with Gasteiger partial charge in [0.2, 0.25) is 0 Å². The van der Waals surface area contributed by atoms with E-state index >= 15 is 0 Å². The first-order valence-electron chi connectivity index (χ1n) is 5.93. The minimum absolute atomic E-state index is 0.597. The van der Waals surface area contributed by atoms with Crippen LogP contribution in [0.2, 0.25) is 0 Å². The molecule has 1 N–H and O–H groups in total. The maximum atomic E-state index is 10.3. The quantitative estimate of drug-likeness (QED) is 0.914. The van der Waals surface area contributed by atoms with E-state index in [1.165, 1.54) is 16.9 Å². The number of nitrogens with zero attached hydrogens (tertiary/aromatic N) is 1. The van der Waals surface area contributed by atoms with Crippen molar-refractivity contribution >= 4 is 27.3 Å². The predicted molar refractivity (Wildman–Crippen MR) is 78.9 cm³/mol. The van der Waals surface area contributed by atoms with Crippen LogP contribution in [0.1, 0.15) is 36.0 Å². The van der Waals surface area contributed by atoms with E-state index in [1.54, 1.807) is 5.51 Å². The number of rotatable bonds is 4. The minimum atomic E-state index is -0.597. The topological polar surface area (TPSA) is 33.1 Å². The van der Waals surface area contributed by atoms with E-state index < -0.39 is 6.10 Å². The Morgan fingerprint density at radius 1 is 1.28 bits per heavy atom. The molecule has 0 saturated carbocycles. The first kappa shape index (κ1) is 13.7. The zero-order valence-corrected chi connectivity index (χ0v) is 12.8. The van der Waals surface area contributed by atoms with Crippen molar-refractivity contribution in [2.45, 2.75) is 26.4 Å². The van der Waals surface area contributed by atoms with Crippen molar-refractivity contribution in [3.8, 4) is 0 Å². The summed E-state index contributed by atoms with van der Waals surface area (Å²) in [6.07, 6.45) is 0.473. The fourth-order valence-electron chi connectivity index (χ4n) is 1.88. The first-order chi connectivity index (χ1) is 8.58. The first-order valence-corrected chi connectivity index (χ1v) is 7.61. The van der Waals surface area contributed by atoms with Crippen LogP contribution in [0.4, 0.5) is 0 Å². The van der Waals surface area contributed by atoms with Crippen molar-refractivity contribution in [1.29, 1.82) is 0 Å². The molecule has 0 fully saturated rings. The Balaban J connectivity index is 2.17. The fraction of sp³-hybridized carbons (Fsp3) is 0.357. The molecule has 1 aromatic carbocycles. The SMILES string of the molecule is CC(C)Cc1ccc(C(O)c2scnc2Br)cc1.